The molecule has 6 heteroatoms. The molecule has 0 unspecified atom stereocenters. The summed E-state index contributed by atoms with van der Waals surface area (Å²) in [5.41, 5.74) is 0. The van der Waals surface area contributed by atoms with Gasteiger partial charge in [0.15, 0.2) is 0 Å². The maximum absolute atomic E-state index is 10.1. The number of hydrogen-bond acceptors (Lipinski definition) is 6. The lowest BCUT2D eigenvalue weighted by atomic mass is 9.95. The topological polar surface area (TPSA) is 88.4 Å². The highest BCUT2D eigenvalue weighted by Gasteiger charge is 2.50. The highest BCUT2D eigenvalue weighted by atomic mass is 17.2. The average Bonchev–Trinajstić information content (AvgIpc) is 2.63. The van der Waals surface area contributed by atoms with E-state index in [-0.39, 0.29) is 6.61 Å². The molecule has 1 rings (SSSR count). The van der Waals surface area contributed by atoms with Crippen molar-refractivity contribution in [1.82, 2.24) is 0 Å². The number of hydrogen-bond donors (Lipinski definition) is 3. The maximum Gasteiger partial charge on any atom is 0.230 e. The molecule has 0 bridgehead atoms. The van der Waals surface area contributed by atoms with E-state index in [1.54, 1.807) is 6.92 Å². The lowest BCUT2D eigenvalue weighted by Crippen LogP contribution is -2.61. The van der Waals surface area contributed by atoms with Crippen molar-refractivity contribution in [3.8, 4) is 0 Å². The zero-order valence-electron chi connectivity index (χ0n) is 16.0. The first-order valence-corrected chi connectivity index (χ1v) is 10.1. The predicted molar refractivity (Wildman–Crippen MR) is 95.9 cm³/mol. The Balaban J connectivity index is 2.05. The number of unbranched alkanes of at least 4 members (excludes halogenated alkanes) is 9. The molecule has 0 aromatic rings. The van der Waals surface area contributed by atoms with Crippen LogP contribution < -0.4 is 0 Å². The summed E-state index contributed by atoms with van der Waals surface area (Å²) in [6, 6.07) is 0. The SMILES string of the molecule is CCCCCCCCCCCCOO[C@@]1(CC)OC[C@@H](O)[C@H](O)[C@H]1O. The minimum atomic E-state index is -1.41. The zero-order chi connectivity index (χ0) is 18.5. The monoisotopic (exact) mass is 362 g/mol. The highest BCUT2D eigenvalue weighted by Crippen LogP contribution is 2.30. The molecular formula is C19H38O6. The molecule has 150 valence electrons. The summed E-state index contributed by atoms with van der Waals surface area (Å²) in [5.74, 6) is -1.41. The summed E-state index contributed by atoms with van der Waals surface area (Å²) < 4.78 is 5.40. The number of aliphatic hydroxyl groups is 3. The van der Waals surface area contributed by atoms with E-state index in [2.05, 4.69) is 6.92 Å². The first-order valence-electron chi connectivity index (χ1n) is 10.1. The van der Waals surface area contributed by atoms with Gasteiger partial charge in [-0.3, -0.25) is 0 Å². The van der Waals surface area contributed by atoms with Crippen LogP contribution in [0.15, 0.2) is 0 Å². The van der Waals surface area contributed by atoms with Crippen LogP contribution in [0.1, 0.15) is 84.5 Å². The summed E-state index contributed by atoms with van der Waals surface area (Å²) >= 11 is 0. The highest BCUT2D eigenvalue weighted by molar-refractivity contribution is 4.91. The van der Waals surface area contributed by atoms with E-state index >= 15 is 0 Å². The molecule has 0 radical (unpaired) electrons. The first-order chi connectivity index (χ1) is 12.1. The number of aliphatic hydroxyl groups excluding tert-OH is 3. The van der Waals surface area contributed by atoms with Crippen LogP contribution in [-0.2, 0) is 14.5 Å². The van der Waals surface area contributed by atoms with Gasteiger partial charge in [-0.1, -0.05) is 71.6 Å². The predicted octanol–water partition coefficient (Wildman–Crippen LogP) is 3.07. The van der Waals surface area contributed by atoms with Crippen LogP contribution >= 0.6 is 0 Å². The van der Waals surface area contributed by atoms with Gasteiger partial charge >= 0.3 is 0 Å². The van der Waals surface area contributed by atoms with Gasteiger partial charge in [0.2, 0.25) is 5.79 Å². The van der Waals surface area contributed by atoms with Gasteiger partial charge in [-0.15, -0.1) is 0 Å². The fraction of sp³-hybridized carbons (Fsp3) is 1.00. The first kappa shape index (κ1) is 22.8. The fourth-order valence-corrected chi connectivity index (χ4v) is 3.11. The molecule has 0 aromatic carbocycles. The summed E-state index contributed by atoms with van der Waals surface area (Å²) in [6.45, 7) is 4.35. The van der Waals surface area contributed by atoms with E-state index in [4.69, 9.17) is 14.5 Å². The third kappa shape index (κ3) is 7.89. The quantitative estimate of drug-likeness (QED) is 0.250. The minimum absolute atomic E-state index is 0.0896. The van der Waals surface area contributed by atoms with Crippen molar-refractivity contribution in [3.05, 3.63) is 0 Å². The maximum atomic E-state index is 10.1. The van der Waals surface area contributed by atoms with Gasteiger partial charge < -0.3 is 20.1 Å². The van der Waals surface area contributed by atoms with Crippen molar-refractivity contribution < 1.29 is 29.8 Å². The van der Waals surface area contributed by atoms with Crippen LogP contribution in [0.2, 0.25) is 0 Å². The summed E-state index contributed by atoms with van der Waals surface area (Å²) in [7, 11) is 0. The lowest BCUT2D eigenvalue weighted by molar-refractivity contribution is -0.468. The van der Waals surface area contributed by atoms with Crippen LogP contribution in [-0.4, -0.2) is 52.6 Å². The van der Waals surface area contributed by atoms with Gasteiger partial charge in [-0.05, 0) is 6.42 Å². The van der Waals surface area contributed by atoms with Crippen LogP contribution in [0, 0.1) is 0 Å². The fourth-order valence-electron chi connectivity index (χ4n) is 3.11. The summed E-state index contributed by atoms with van der Waals surface area (Å²) in [6.07, 6.45) is 9.00. The van der Waals surface area contributed by atoms with E-state index in [1.165, 1.54) is 51.4 Å². The molecule has 3 N–H and O–H groups in total. The molecule has 1 aliphatic rings. The van der Waals surface area contributed by atoms with E-state index in [0.29, 0.717) is 13.0 Å². The number of rotatable bonds is 14. The molecule has 0 aliphatic carbocycles. The second-order valence-corrected chi connectivity index (χ2v) is 7.07. The van der Waals surface area contributed by atoms with Gasteiger partial charge in [0, 0.05) is 6.42 Å². The molecule has 1 heterocycles. The smallest absolute Gasteiger partial charge is 0.230 e. The van der Waals surface area contributed by atoms with Gasteiger partial charge in [-0.25, -0.2) is 4.89 Å². The Labute approximate surface area is 152 Å². The van der Waals surface area contributed by atoms with Crippen LogP contribution in [0.25, 0.3) is 0 Å². The molecular weight excluding hydrogens is 324 g/mol. The van der Waals surface area contributed by atoms with Gasteiger partial charge in [0.1, 0.15) is 18.3 Å². The van der Waals surface area contributed by atoms with Crippen molar-refractivity contribution in [2.24, 2.45) is 0 Å². The molecule has 4 atom stereocenters. The average molecular weight is 363 g/mol. The molecule has 0 saturated carbocycles. The number of ether oxygens (including phenoxy) is 1. The Kier molecular flexibility index (Phi) is 11.9. The standard InChI is InChI=1S/C19H38O6/c1-3-5-6-7-8-9-10-11-12-13-14-24-25-19(4-2)18(22)17(21)16(20)15-23-19/h16-18,20-22H,3-15H2,1-2H3/t16-,17+,18-,19-/m1/s1. The molecule has 1 aliphatic heterocycles. The molecule has 0 spiro atoms. The van der Waals surface area contributed by atoms with Crippen molar-refractivity contribution >= 4 is 0 Å². The van der Waals surface area contributed by atoms with E-state index in [0.717, 1.165) is 12.8 Å². The van der Waals surface area contributed by atoms with Crippen molar-refractivity contribution in [3.63, 3.8) is 0 Å². The van der Waals surface area contributed by atoms with Gasteiger partial charge in [-0.2, -0.15) is 4.89 Å². The molecule has 25 heavy (non-hydrogen) atoms. The summed E-state index contributed by atoms with van der Waals surface area (Å²) in [4.78, 5) is 10.5. The van der Waals surface area contributed by atoms with Crippen LogP contribution in [0.3, 0.4) is 0 Å². The molecule has 0 aromatic heterocycles. The normalized spacial score (nSPS) is 29.9. The minimum Gasteiger partial charge on any atom is -0.388 e. The Morgan fingerprint density at radius 2 is 1.44 bits per heavy atom. The summed E-state index contributed by atoms with van der Waals surface area (Å²) in [5, 5.41) is 29.4. The Hall–Kier alpha value is -0.240. The third-order valence-corrected chi connectivity index (χ3v) is 4.94. The largest absolute Gasteiger partial charge is 0.388 e. The van der Waals surface area contributed by atoms with Crippen molar-refractivity contribution in [2.75, 3.05) is 13.2 Å². The Morgan fingerprint density at radius 3 is 2.00 bits per heavy atom. The Morgan fingerprint density at radius 1 is 0.880 bits per heavy atom. The Bertz CT molecular complexity index is 327. The van der Waals surface area contributed by atoms with Gasteiger partial charge in [0.05, 0.1) is 13.2 Å². The van der Waals surface area contributed by atoms with Crippen LogP contribution in [0.4, 0.5) is 0 Å². The molecule has 6 nitrogen and oxygen atoms in total. The van der Waals surface area contributed by atoms with Crippen molar-refractivity contribution in [1.29, 1.82) is 0 Å². The molecule has 1 fully saturated rings. The van der Waals surface area contributed by atoms with Crippen molar-refractivity contribution in [2.45, 2.75) is 109 Å². The second kappa shape index (κ2) is 13.0. The third-order valence-electron chi connectivity index (χ3n) is 4.94. The zero-order valence-corrected chi connectivity index (χ0v) is 16.0. The molecule has 0 amide bonds. The van der Waals surface area contributed by atoms with Crippen LogP contribution in [0.5, 0.6) is 0 Å². The van der Waals surface area contributed by atoms with E-state index in [9.17, 15) is 15.3 Å². The van der Waals surface area contributed by atoms with E-state index < -0.39 is 24.1 Å². The van der Waals surface area contributed by atoms with Gasteiger partial charge in [0.25, 0.3) is 0 Å². The lowest BCUT2D eigenvalue weighted by Gasteiger charge is -2.43. The van der Waals surface area contributed by atoms with E-state index in [1.807, 2.05) is 0 Å². The molecule has 1 saturated heterocycles. The second-order valence-electron chi connectivity index (χ2n) is 7.07.